The summed E-state index contributed by atoms with van der Waals surface area (Å²) in [5.74, 6) is 2.47. The zero-order valence-electron chi connectivity index (χ0n) is 80.1. The number of hydrogen-bond donors (Lipinski definition) is 1. The molecule has 682 valence electrons. The van der Waals surface area contributed by atoms with Gasteiger partial charge in [0.05, 0.1) is 26.4 Å². The molecule has 0 aliphatic heterocycles. The Morgan fingerprint density at radius 3 is 0.908 bits per heavy atom. The molecule has 0 aliphatic rings. The van der Waals surface area contributed by atoms with Gasteiger partial charge in [0.1, 0.15) is 5.75 Å². The summed E-state index contributed by atoms with van der Waals surface area (Å²) < 4.78 is 15.4. The van der Waals surface area contributed by atoms with E-state index in [1.165, 1.54) is 102 Å². The highest BCUT2D eigenvalue weighted by molar-refractivity contribution is 6.35. The van der Waals surface area contributed by atoms with E-state index in [0.29, 0.717) is 66.4 Å². The van der Waals surface area contributed by atoms with Crippen molar-refractivity contribution in [3.05, 3.63) is 387 Å². The molecule has 18 heteroatoms. The molecule has 12 aromatic rings. The third-order valence-corrected chi connectivity index (χ3v) is 20.1. The molecular formula is C112H124Cl2O16. The highest BCUT2D eigenvalue weighted by atomic mass is 35.5. The van der Waals surface area contributed by atoms with Gasteiger partial charge in [-0.2, -0.15) is 0 Å². The first kappa shape index (κ1) is 113. The zero-order chi connectivity index (χ0) is 98.6. The molecule has 1 N–H and O–H groups in total. The predicted molar refractivity (Wildman–Crippen MR) is 529 cm³/mol. The van der Waals surface area contributed by atoms with Gasteiger partial charge in [-0.1, -0.05) is 248 Å². The molecule has 0 aromatic heterocycles. The number of Topliss-reactive ketones (excluding diaryl/α,β-unsaturated/α-hetero) is 12. The van der Waals surface area contributed by atoms with Crippen LogP contribution >= 0.6 is 23.2 Å². The van der Waals surface area contributed by atoms with Crippen LogP contribution in [0.15, 0.2) is 255 Å². The lowest BCUT2D eigenvalue weighted by atomic mass is 9.86. The Morgan fingerprint density at radius 1 is 0.269 bits per heavy atom. The smallest absolute Gasteiger partial charge is 0.203 e. The molecule has 0 radical (unpaired) electrons. The SMILES string of the molecule is CC(=O)c1c(C)cc(C)cc1C.CC(=O)c1cc(C)c(C)c(C)c1.CC(=O)c1cc(C)cc(C)c1.CC(=O)c1cc(Cl)ccc1Cl.CC(=O)c1ccc(-c2ccccc2)cc1.CC(=O)c1ccc(C(C)(C)C)cc1.CC(=O)c1ccc(C(C)=O)cc1.CC(=O)c1ccc(C)cc1.CC(=O)c1cccc(C(C)=O)c1.COc1cc(C(C)=O)cc(OC)c1OC.Oc1ccccc1. The van der Waals surface area contributed by atoms with Gasteiger partial charge < -0.3 is 19.3 Å². The topological polar surface area (TPSA) is 253 Å². The monoisotopic (exact) mass is 1790 g/mol. The first-order valence-electron chi connectivity index (χ1n) is 41.8. The van der Waals surface area contributed by atoms with Crippen molar-refractivity contribution in [2.24, 2.45) is 0 Å². The van der Waals surface area contributed by atoms with E-state index in [9.17, 15) is 57.5 Å². The number of methoxy groups -OCH3 is 3. The normalized spacial score (nSPS) is 9.82. The molecule has 0 bridgehead atoms. The number of halogens is 2. The van der Waals surface area contributed by atoms with Gasteiger partial charge in [-0.15, -0.1) is 0 Å². The van der Waals surface area contributed by atoms with Gasteiger partial charge in [0.15, 0.2) is 80.9 Å². The number of rotatable bonds is 16. The maximum atomic E-state index is 11.2. The number of ketones is 12. The van der Waals surface area contributed by atoms with E-state index in [1.54, 1.807) is 145 Å². The molecule has 0 aliphatic carbocycles. The first-order chi connectivity index (χ1) is 60.9. The van der Waals surface area contributed by atoms with E-state index in [4.69, 9.17) is 42.5 Å². The Balaban J connectivity index is 0.000000486. The Hall–Kier alpha value is -13.5. The highest BCUT2D eigenvalue weighted by Crippen LogP contribution is 2.38. The number of phenolic OH excluding ortho intramolecular Hbond substituents is 1. The number of hydrogen-bond acceptors (Lipinski definition) is 16. The van der Waals surface area contributed by atoms with Crippen molar-refractivity contribution in [1.29, 1.82) is 0 Å². The van der Waals surface area contributed by atoms with Crippen molar-refractivity contribution >= 4 is 92.6 Å². The third kappa shape index (κ3) is 41.0. The van der Waals surface area contributed by atoms with Gasteiger partial charge in [0.25, 0.3) is 0 Å². The number of aromatic hydroxyl groups is 1. The average molecular weight is 1800 g/mol. The van der Waals surface area contributed by atoms with Crippen molar-refractivity contribution < 1.29 is 76.9 Å². The summed E-state index contributed by atoms with van der Waals surface area (Å²) >= 11 is 11.4. The number of phenols is 1. The molecule has 0 saturated heterocycles. The molecule has 0 heterocycles. The quantitative estimate of drug-likeness (QED) is 0.0883. The zero-order valence-corrected chi connectivity index (χ0v) is 81.6. The minimum atomic E-state index is -0.0718. The second-order valence-electron chi connectivity index (χ2n) is 31.7. The fourth-order valence-corrected chi connectivity index (χ4v) is 12.5. The lowest BCUT2D eigenvalue weighted by Gasteiger charge is -2.18. The van der Waals surface area contributed by atoms with Crippen molar-refractivity contribution in [2.75, 3.05) is 21.3 Å². The maximum Gasteiger partial charge on any atom is 0.203 e. The first-order valence-corrected chi connectivity index (χ1v) is 42.5. The molecular weight excluding hydrogens is 1670 g/mol. The second-order valence-corrected chi connectivity index (χ2v) is 32.6. The van der Waals surface area contributed by atoms with Crippen LogP contribution in [0, 0.1) is 62.3 Å². The molecule has 12 rings (SSSR count). The molecule has 130 heavy (non-hydrogen) atoms. The second kappa shape index (κ2) is 56.6. The van der Waals surface area contributed by atoms with E-state index in [0.717, 1.165) is 61.2 Å². The van der Waals surface area contributed by atoms with E-state index < -0.39 is 0 Å². The molecule has 0 fully saturated rings. The van der Waals surface area contributed by atoms with E-state index in [-0.39, 0.29) is 74.8 Å². The highest BCUT2D eigenvalue weighted by Gasteiger charge is 2.17. The lowest BCUT2D eigenvalue weighted by Crippen LogP contribution is -2.10. The van der Waals surface area contributed by atoms with Crippen molar-refractivity contribution in [3.63, 3.8) is 0 Å². The van der Waals surface area contributed by atoms with Crippen molar-refractivity contribution in [3.8, 4) is 34.1 Å². The Kier molecular flexibility index (Phi) is 49.0. The largest absolute Gasteiger partial charge is 0.508 e. The molecule has 12 aromatic carbocycles. The fraction of sp³-hybridized carbons (Fsp3) is 0.250. The number of para-hydroxylation sites is 1. The van der Waals surface area contributed by atoms with Crippen LogP contribution in [0.4, 0.5) is 0 Å². The number of aryl methyl sites for hydroxylation is 8. The lowest BCUT2D eigenvalue weighted by molar-refractivity contribution is 0.0999. The number of carbonyl (C=O) groups is 12. The summed E-state index contributed by atoms with van der Waals surface area (Å²) in [4.78, 5) is 132. The van der Waals surface area contributed by atoms with Crippen LogP contribution < -0.4 is 14.2 Å². The fourth-order valence-electron chi connectivity index (χ4n) is 12.0. The molecule has 0 amide bonds. The summed E-state index contributed by atoms with van der Waals surface area (Å²) in [7, 11) is 4.55. The average Bonchev–Trinajstić information content (AvgIpc) is 0.821. The standard InChI is InChI=1S/C14H12O.C12H16O.C11H14O4.2C11H14O.2C10H10O2.C10H12O.C9H10O.C8H6Cl2O.C6H6O/c1-11(15)12-7-9-14(10-8-12)13-5-3-2-4-6-13;1-9(13)10-5-7-11(8-6-10)12(2,3)4;1-7(12)8-5-9(13-2)11(15-4)10(6-8)14-3;1-7-5-11(10(4)12)6-8(2)9(7)3;1-7-5-8(2)11(10(4)12)9(3)6-7;1-7(11)9-3-5-10(6-4-9)8(2)12;1-7(11)9-4-3-5-10(6-9)8(2)12;1-7-4-8(2)6-10(5-7)9(3)11;1-7-3-5-9(6-4-7)8(2)10;1-5(11)7-4-6(9)2-3-8(7)10;7-6-4-2-1-3-5-6/h2-10H,1H3;5-8H,1-4H3;5-6H,1-4H3;2*5-6H,1-4H3;2*3-6H,1-2H3;4-6H,1-3H3;3-6H,1-2H3;2-4H,1H3;1-5,7H. The van der Waals surface area contributed by atoms with Crippen LogP contribution in [-0.4, -0.2) is 95.8 Å². The van der Waals surface area contributed by atoms with Crippen LogP contribution in [0.5, 0.6) is 23.0 Å². The predicted octanol–water partition coefficient (Wildman–Crippen LogP) is 27.8. The summed E-state index contributed by atoms with van der Waals surface area (Å²) in [5.41, 5.74) is 22.5. The number of ether oxygens (including phenoxy) is 3. The molecule has 0 saturated carbocycles. The molecule has 0 spiro atoms. The minimum absolute atomic E-state index is 0.0156. The van der Waals surface area contributed by atoms with Crippen LogP contribution in [0.3, 0.4) is 0 Å². The van der Waals surface area contributed by atoms with Gasteiger partial charge in [0.2, 0.25) is 5.75 Å². The van der Waals surface area contributed by atoms with Crippen molar-refractivity contribution in [2.45, 2.75) is 172 Å². The van der Waals surface area contributed by atoms with E-state index in [2.05, 4.69) is 45.9 Å². The van der Waals surface area contributed by atoms with Crippen LogP contribution in [0.2, 0.25) is 10.0 Å². The van der Waals surface area contributed by atoms with Gasteiger partial charge >= 0.3 is 0 Å². The summed E-state index contributed by atoms with van der Waals surface area (Å²) in [6.07, 6.45) is 0. The summed E-state index contributed by atoms with van der Waals surface area (Å²) in [5, 5.41) is 9.61. The van der Waals surface area contributed by atoms with E-state index in [1.807, 2.05) is 189 Å². The van der Waals surface area contributed by atoms with Crippen LogP contribution in [0.25, 0.3) is 11.1 Å². The van der Waals surface area contributed by atoms with Crippen LogP contribution in [-0.2, 0) is 5.41 Å². The minimum Gasteiger partial charge on any atom is -0.508 e. The van der Waals surface area contributed by atoms with Gasteiger partial charge in [-0.05, 0) is 268 Å². The Labute approximate surface area is 778 Å². The molecule has 0 atom stereocenters. The number of benzene rings is 12. The Morgan fingerprint density at radius 2 is 0.592 bits per heavy atom. The number of carbonyl (C=O) groups excluding carboxylic acids is 12. The summed E-state index contributed by atoms with van der Waals surface area (Å²) in [6.45, 7) is 43.1. The van der Waals surface area contributed by atoms with E-state index >= 15 is 0 Å². The third-order valence-electron chi connectivity index (χ3n) is 19.5. The summed E-state index contributed by atoms with van der Waals surface area (Å²) in [6, 6.07) is 77.3. The molecule has 16 nitrogen and oxygen atoms in total. The van der Waals surface area contributed by atoms with Crippen molar-refractivity contribution in [1.82, 2.24) is 0 Å². The van der Waals surface area contributed by atoms with Gasteiger partial charge in [0, 0.05) is 71.8 Å². The van der Waals surface area contributed by atoms with Gasteiger partial charge in [-0.25, -0.2) is 0 Å². The van der Waals surface area contributed by atoms with Crippen LogP contribution in [0.1, 0.15) is 284 Å². The molecule has 0 unspecified atom stereocenters. The maximum absolute atomic E-state index is 11.2. The van der Waals surface area contributed by atoms with Gasteiger partial charge in [-0.3, -0.25) is 57.5 Å². The Bertz CT molecular complexity index is 5690.